The molecule has 6 nitrogen and oxygen atoms in total. The number of hydrogen-bond acceptors (Lipinski definition) is 5. The molecular weight excluding hydrogens is 328 g/mol. The minimum atomic E-state index is -0.324. The third-order valence-corrected chi connectivity index (χ3v) is 3.53. The lowest BCUT2D eigenvalue weighted by molar-refractivity contribution is 0.102. The molecule has 1 heterocycles. The van der Waals surface area contributed by atoms with E-state index >= 15 is 0 Å². The summed E-state index contributed by atoms with van der Waals surface area (Å²) < 4.78 is 5.21. The van der Waals surface area contributed by atoms with E-state index in [-0.39, 0.29) is 5.91 Å². The Morgan fingerprint density at radius 1 is 1.29 bits per heavy atom. The first-order chi connectivity index (χ1) is 11.5. The van der Waals surface area contributed by atoms with Gasteiger partial charge in [0, 0.05) is 18.1 Å². The lowest BCUT2D eigenvalue weighted by Gasteiger charge is -2.12. The minimum absolute atomic E-state index is 0.315. The Morgan fingerprint density at radius 3 is 2.71 bits per heavy atom. The number of nitrogens with one attached hydrogen (secondary N) is 2. The zero-order chi connectivity index (χ0) is 17.5. The van der Waals surface area contributed by atoms with E-state index < -0.39 is 0 Å². The maximum Gasteiger partial charge on any atom is 0.274 e. The molecule has 2 rings (SSSR count). The van der Waals surface area contributed by atoms with E-state index in [1.807, 2.05) is 20.2 Å². The number of ether oxygens (including phenoxy) is 1. The van der Waals surface area contributed by atoms with Gasteiger partial charge in [0.2, 0.25) is 0 Å². The van der Waals surface area contributed by atoms with Crippen LogP contribution in [0.15, 0.2) is 36.5 Å². The molecule has 0 aliphatic carbocycles. The van der Waals surface area contributed by atoms with Crippen LogP contribution in [0.5, 0.6) is 5.75 Å². The van der Waals surface area contributed by atoms with E-state index in [1.165, 1.54) is 7.11 Å². The monoisotopic (exact) mass is 348 g/mol. The molecule has 24 heavy (non-hydrogen) atoms. The van der Waals surface area contributed by atoms with Gasteiger partial charge >= 0.3 is 0 Å². The molecule has 0 saturated carbocycles. The first kappa shape index (κ1) is 18.0. The van der Waals surface area contributed by atoms with Crippen molar-refractivity contribution in [1.29, 1.82) is 0 Å². The van der Waals surface area contributed by atoms with Gasteiger partial charge in [-0.05, 0) is 44.4 Å². The molecule has 128 valence electrons. The fourth-order valence-corrected chi connectivity index (χ4v) is 2.19. The number of likely N-dealkylation sites (N-methyl/N-ethyl adjacent to an activating group) is 1. The molecule has 1 aromatic heterocycles. The van der Waals surface area contributed by atoms with Crippen LogP contribution in [0.1, 0.15) is 10.5 Å². The Bertz CT molecular complexity index is 689. The molecule has 0 aliphatic rings. The summed E-state index contributed by atoms with van der Waals surface area (Å²) >= 11 is 5.96. The van der Waals surface area contributed by atoms with Gasteiger partial charge in [-0.15, -0.1) is 0 Å². The van der Waals surface area contributed by atoms with Crippen LogP contribution in [0.3, 0.4) is 0 Å². The predicted molar refractivity (Wildman–Crippen MR) is 97.2 cm³/mol. The highest BCUT2D eigenvalue weighted by Gasteiger charge is 2.11. The number of aromatic nitrogens is 1. The van der Waals surface area contributed by atoms with Crippen LogP contribution in [0.4, 0.5) is 11.4 Å². The first-order valence-electron chi connectivity index (χ1n) is 7.49. The highest BCUT2D eigenvalue weighted by atomic mass is 35.5. The van der Waals surface area contributed by atoms with Gasteiger partial charge in [0.05, 0.1) is 24.7 Å². The molecule has 0 fully saturated rings. The van der Waals surface area contributed by atoms with Crippen LogP contribution in [0, 0.1) is 0 Å². The van der Waals surface area contributed by atoms with Gasteiger partial charge in [0.1, 0.15) is 11.4 Å². The standard InChI is InChI=1S/C17H21ClN4O2/c1-22(2)9-8-19-13-5-6-14(20-11-13)17(23)21-15-10-12(18)4-7-16(15)24-3/h4-7,10-11,19H,8-9H2,1-3H3,(H,21,23). The third-order valence-electron chi connectivity index (χ3n) is 3.29. The Kier molecular flexibility index (Phi) is 6.40. The lowest BCUT2D eigenvalue weighted by atomic mass is 10.2. The molecule has 0 saturated heterocycles. The predicted octanol–water partition coefficient (Wildman–Crippen LogP) is 2.97. The second-order valence-electron chi connectivity index (χ2n) is 5.46. The fraction of sp³-hybridized carbons (Fsp3) is 0.294. The van der Waals surface area contributed by atoms with E-state index in [4.69, 9.17) is 16.3 Å². The number of anilines is 2. The quantitative estimate of drug-likeness (QED) is 0.805. The Labute approximate surface area is 146 Å². The topological polar surface area (TPSA) is 66.5 Å². The molecule has 0 atom stereocenters. The largest absolute Gasteiger partial charge is 0.495 e. The number of rotatable bonds is 7. The Balaban J connectivity index is 2.01. The second-order valence-corrected chi connectivity index (χ2v) is 5.90. The minimum Gasteiger partial charge on any atom is -0.495 e. The van der Waals surface area contributed by atoms with Gasteiger partial charge in [0.25, 0.3) is 5.91 Å². The number of halogens is 1. The highest BCUT2D eigenvalue weighted by Crippen LogP contribution is 2.28. The number of carbonyl (C=O) groups is 1. The lowest BCUT2D eigenvalue weighted by Crippen LogP contribution is -2.21. The maximum atomic E-state index is 12.3. The van der Waals surface area contributed by atoms with Gasteiger partial charge in [-0.3, -0.25) is 4.79 Å². The van der Waals surface area contributed by atoms with Crippen molar-refractivity contribution in [3.63, 3.8) is 0 Å². The van der Waals surface area contributed by atoms with Crippen molar-refractivity contribution in [3.8, 4) is 5.75 Å². The average molecular weight is 349 g/mol. The van der Waals surface area contributed by atoms with Gasteiger partial charge < -0.3 is 20.3 Å². The average Bonchev–Trinajstić information content (AvgIpc) is 2.55. The molecule has 1 amide bonds. The first-order valence-corrected chi connectivity index (χ1v) is 7.87. The van der Waals surface area contributed by atoms with Crippen LogP contribution in [0.25, 0.3) is 0 Å². The molecule has 7 heteroatoms. The van der Waals surface area contributed by atoms with E-state index in [2.05, 4.69) is 20.5 Å². The van der Waals surface area contributed by atoms with E-state index in [0.717, 1.165) is 18.8 Å². The summed E-state index contributed by atoms with van der Waals surface area (Å²) in [6, 6.07) is 8.53. The summed E-state index contributed by atoms with van der Waals surface area (Å²) in [5.74, 6) is 0.213. The van der Waals surface area contributed by atoms with Gasteiger partial charge in [-0.25, -0.2) is 4.98 Å². The van der Waals surface area contributed by atoms with Crippen LogP contribution < -0.4 is 15.4 Å². The SMILES string of the molecule is COc1ccc(Cl)cc1NC(=O)c1ccc(NCCN(C)C)cn1. The Hall–Kier alpha value is -2.31. The van der Waals surface area contributed by atoms with Crippen LogP contribution in [-0.2, 0) is 0 Å². The van der Waals surface area contributed by atoms with Crippen LogP contribution >= 0.6 is 11.6 Å². The van der Waals surface area contributed by atoms with E-state index in [0.29, 0.717) is 22.2 Å². The molecule has 2 aromatic rings. The summed E-state index contributed by atoms with van der Waals surface area (Å²) in [4.78, 5) is 18.6. The number of amides is 1. The van der Waals surface area contributed by atoms with E-state index in [9.17, 15) is 4.79 Å². The maximum absolute atomic E-state index is 12.3. The van der Waals surface area contributed by atoms with Crippen molar-refractivity contribution in [2.24, 2.45) is 0 Å². The number of carbonyl (C=O) groups excluding carboxylic acids is 1. The molecule has 0 radical (unpaired) electrons. The molecule has 2 N–H and O–H groups in total. The van der Waals surface area contributed by atoms with Crippen molar-refractivity contribution in [2.75, 3.05) is 44.9 Å². The smallest absolute Gasteiger partial charge is 0.274 e. The van der Waals surface area contributed by atoms with E-state index in [1.54, 1.807) is 30.5 Å². The zero-order valence-corrected chi connectivity index (χ0v) is 14.7. The van der Waals surface area contributed by atoms with Crippen LogP contribution in [0.2, 0.25) is 5.02 Å². The molecule has 0 unspecified atom stereocenters. The molecule has 0 spiro atoms. The number of benzene rings is 1. The van der Waals surface area contributed by atoms with Crippen molar-refractivity contribution >= 4 is 28.9 Å². The zero-order valence-electron chi connectivity index (χ0n) is 14.0. The third kappa shape index (κ3) is 5.11. The normalized spacial score (nSPS) is 10.5. The summed E-state index contributed by atoms with van der Waals surface area (Å²) in [6.45, 7) is 1.72. The van der Waals surface area contributed by atoms with Gasteiger partial charge in [-0.2, -0.15) is 0 Å². The van der Waals surface area contributed by atoms with Gasteiger partial charge in [-0.1, -0.05) is 11.6 Å². The van der Waals surface area contributed by atoms with Crippen LogP contribution in [-0.4, -0.2) is 50.1 Å². The second kappa shape index (κ2) is 8.52. The van der Waals surface area contributed by atoms with Crippen molar-refractivity contribution < 1.29 is 9.53 Å². The summed E-state index contributed by atoms with van der Waals surface area (Å²) in [5.41, 5.74) is 1.69. The molecular formula is C17H21ClN4O2. The van der Waals surface area contributed by atoms with Gasteiger partial charge in [0.15, 0.2) is 0 Å². The summed E-state index contributed by atoms with van der Waals surface area (Å²) in [5, 5.41) is 6.52. The summed E-state index contributed by atoms with van der Waals surface area (Å²) in [6.07, 6.45) is 1.64. The van der Waals surface area contributed by atoms with Crippen molar-refractivity contribution in [2.45, 2.75) is 0 Å². The van der Waals surface area contributed by atoms with Crippen molar-refractivity contribution in [1.82, 2.24) is 9.88 Å². The number of methoxy groups -OCH3 is 1. The fourth-order valence-electron chi connectivity index (χ4n) is 2.02. The number of hydrogen-bond donors (Lipinski definition) is 2. The number of nitrogens with zero attached hydrogens (tertiary/aromatic N) is 2. The van der Waals surface area contributed by atoms with Crippen molar-refractivity contribution in [3.05, 3.63) is 47.2 Å². The number of pyridine rings is 1. The molecule has 1 aromatic carbocycles. The highest BCUT2D eigenvalue weighted by molar-refractivity contribution is 6.31. The Morgan fingerprint density at radius 2 is 2.08 bits per heavy atom. The molecule has 0 aliphatic heterocycles. The molecule has 0 bridgehead atoms. The summed E-state index contributed by atoms with van der Waals surface area (Å²) in [7, 11) is 5.56.